The minimum atomic E-state index is -4.76. The number of ether oxygens (including phenoxy) is 1. The number of phenolic OH excluding ortho intramolecular Hbond substituents is 1. The Bertz CT molecular complexity index is 2550. The van der Waals surface area contributed by atoms with Gasteiger partial charge >= 0.3 is 6.18 Å². The van der Waals surface area contributed by atoms with E-state index in [1.807, 2.05) is 6.08 Å². The van der Waals surface area contributed by atoms with Gasteiger partial charge < -0.3 is 9.84 Å². The number of imide groups is 2. The van der Waals surface area contributed by atoms with Crippen LogP contribution in [0.3, 0.4) is 0 Å². The Kier molecular flexibility index (Phi) is 8.95. The van der Waals surface area contributed by atoms with E-state index < -0.39 is 75.4 Å². The van der Waals surface area contributed by atoms with Gasteiger partial charge in [-0.05, 0) is 90.9 Å². The molecule has 0 unspecified atom stereocenters. The van der Waals surface area contributed by atoms with Crippen LogP contribution in [0.25, 0.3) is 0 Å². The van der Waals surface area contributed by atoms with Crippen LogP contribution in [0.2, 0.25) is 15.1 Å². The lowest BCUT2D eigenvalue weighted by atomic mass is 9.48. The summed E-state index contributed by atoms with van der Waals surface area (Å²) in [7, 11) is 0. The van der Waals surface area contributed by atoms with Crippen molar-refractivity contribution < 1.29 is 42.2 Å². The highest BCUT2D eigenvalue weighted by atomic mass is 35.5. The van der Waals surface area contributed by atoms with Crippen molar-refractivity contribution in [3.05, 3.63) is 134 Å². The summed E-state index contributed by atoms with van der Waals surface area (Å²) >= 11 is 19.1. The number of rotatable bonds is 5. The van der Waals surface area contributed by atoms with Crippen LogP contribution in [-0.2, 0) is 37.2 Å². The summed E-state index contributed by atoms with van der Waals surface area (Å²) in [5.74, 6) is -6.94. The molecule has 5 aliphatic rings. The second-order valence-corrected chi connectivity index (χ2v) is 16.4. The van der Waals surface area contributed by atoms with Crippen LogP contribution in [-0.4, -0.2) is 38.7 Å². The largest absolute Gasteiger partial charge is 0.508 e. The molecule has 3 aliphatic heterocycles. The van der Waals surface area contributed by atoms with Crippen molar-refractivity contribution in [3.63, 3.8) is 0 Å². The summed E-state index contributed by atoms with van der Waals surface area (Å²) < 4.78 is 46.7. The zero-order valence-corrected chi connectivity index (χ0v) is 32.5. The molecule has 3 aromatic carbocycles. The predicted molar refractivity (Wildman–Crippen MR) is 207 cm³/mol. The van der Waals surface area contributed by atoms with Gasteiger partial charge in [0.25, 0.3) is 11.8 Å². The number of hydrogen-bond acceptors (Lipinski definition) is 8. The zero-order chi connectivity index (χ0) is 41.0. The maximum Gasteiger partial charge on any atom is 0.417 e. The molecule has 2 N–H and O–H groups in total. The highest BCUT2D eigenvalue weighted by Crippen LogP contribution is 2.63. The Labute approximate surface area is 343 Å². The first-order valence-electron chi connectivity index (χ1n) is 18.2. The van der Waals surface area contributed by atoms with Gasteiger partial charge in [-0.2, -0.15) is 18.2 Å². The number of carbonyl (C=O) groups excluding carboxylic acids is 4. The zero-order valence-electron chi connectivity index (χ0n) is 30.2. The average Bonchev–Trinajstić information content (AvgIpc) is 3.56. The van der Waals surface area contributed by atoms with E-state index >= 15 is 4.79 Å². The second-order valence-electron chi connectivity index (χ2n) is 15.1. The van der Waals surface area contributed by atoms with E-state index in [0.717, 1.165) is 15.5 Å². The van der Waals surface area contributed by atoms with Crippen LogP contribution in [0, 0.1) is 36.5 Å². The molecular weight excluding hydrogens is 820 g/mol. The Balaban J connectivity index is 1.21. The smallest absolute Gasteiger partial charge is 0.417 e. The highest BCUT2D eigenvalue weighted by Gasteiger charge is 2.71. The predicted octanol–water partition coefficient (Wildman–Crippen LogP) is 8.62. The van der Waals surface area contributed by atoms with Crippen LogP contribution in [0.1, 0.15) is 35.1 Å². The van der Waals surface area contributed by atoms with Gasteiger partial charge in [-0.1, -0.05) is 64.7 Å². The van der Waals surface area contributed by atoms with E-state index in [1.165, 1.54) is 18.4 Å². The quantitative estimate of drug-likeness (QED) is 0.151. The third kappa shape index (κ3) is 5.72. The lowest BCUT2D eigenvalue weighted by molar-refractivity contribution is -0.139. The fourth-order valence-corrected chi connectivity index (χ4v) is 10.1. The Morgan fingerprint density at radius 1 is 0.914 bits per heavy atom. The summed E-state index contributed by atoms with van der Waals surface area (Å²) in [4.78, 5) is 64.2. The first-order valence-corrected chi connectivity index (χ1v) is 19.4. The number of hydrogen-bond donors (Lipinski definition) is 2. The summed E-state index contributed by atoms with van der Waals surface area (Å²) in [6.07, 6.45) is -0.581. The Hall–Kier alpha value is -5.37. The van der Waals surface area contributed by atoms with Gasteiger partial charge in [-0.25, -0.2) is 9.88 Å². The van der Waals surface area contributed by atoms with E-state index in [2.05, 4.69) is 10.4 Å². The summed E-state index contributed by atoms with van der Waals surface area (Å²) in [5, 5.41) is 11.4. The number of phenols is 1. The molecule has 9 rings (SSSR count). The minimum Gasteiger partial charge on any atom is -0.508 e. The van der Waals surface area contributed by atoms with Crippen LogP contribution in [0.15, 0.2) is 96.4 Å². The molecule has 4 heterocycles. The monoisotopic (exact) mass is 848 g/mol. The van der Waals surface area contributed by atoms with Crippen molar-refractivity contribution in [2.24, 2.45) is 29.6 Å². The minimum absolute atomic E-state index is 0.0232. The fourth-order valence-electron chi connectivity index (χ4n) is 9.57. The molecule has 0 radical (unpaired) electrons. The van der Waals surface area contributed by atoms with E-state index in [9.17, 15) is 32.7 Å². The van der Waals surface area contributed by atoms with Gasteiger partial charge in [0, 0.05) is 34.1 Å². The molecule has 296 valence electrons. The van der Waals surface area contributed by atoms with Gasteiger partial charge in [0.05, 0.1) is 45.7 Å². The number of pyridine rings is 1. The molecule has 4 aromatic rings. The SMILES string of the molecule is Cc1ccc(N2C(=O)[C@H]3[C@H](CC=C4[C@H](C5=COc6ccc(O)cc6C5)[C@]5(c6ccc(Cl)cc6)C(=O)N(Nc6ncc(C(F)(F)F)cc6Cl)C(=O)[C@@H]5C[C@H]43)C2=O)cc1Cl. The number of carbonyl (C=O) groups is 4. The molecule has 1 aromatic heterocycles. The molecule has 0 spiro atoms. The number of hydrazine groups is 1. The molecule has 3 fully saturated rings. The third-order valence-corrected chi connectivity index (χ3v) is 13.1. The molecule has 4 amide bonds. The first kappa shape index (κ1) is 38.2. The maximum absolute atomic E-state index is 15.4. The number of aromatic nitrogens is 1. The number of allylic oxidation sites excluding steroid dienone is 3. The number of aryl methyl sites for hydroxylation is 1. The molecule has 58 heavy (non-hydrogen) atoms. The van der Waals surface area contributed by atoms with Crippen molar-refractivity contribution in [2.75, 3.05) is 10.3 Å². The second kappa shape index (κ2) is 13.6. The number of nitrogens with zero attached hydrogens (tertiary/aromatic N) is 3. The van der Waals surface area contributed by atoms with Crippen LogP contribution >= 0.6 is 34.8 Å². The van der Waals surface area contributed by atoms with Gasteiger partial charge in [0.15, 0.2) is 5.82 Å². The summed E-state index contributed by atoms with van der Waals surface area (Å²) in [5.41, 5.74) is 3.00. The number of benzene rings is 3. The highest BCUT2D eigenvalue weighted by molar-refractivity contribution is 6.33. The van der Waals surface area contributed by atoms with E-state index in [0.29, 0.717) is 56.0 Å². The Morgan fingerprint density at radius 3 is 2.38 bits per heavy atom. The van der Waals surface area contributed by atoms with E-state index in [-0.39, 0.29) is 30.8 Å². The number of aromatic hydroxyl groups is 1. The summed E-state index contributed by atoms with van der Waals surface area (Å²) in [6.45, 7) is 1.80. The summed E-state index contributed by atoms with van der Waals surface area (Å²) in [6, 6.07) is 16.6. The number of halogens is 6. The molecular formula is C42H30Cl3F3N4O6. The lowest BCUT2D eigenvalue weighted by Crippen LogP contribution is -2.55. The standard InChI is InChI=1S/C42H30Cl3F3N4O6/c1-19-2-7-25(15-31(19)44)51-37(54)28-10-9-27-29(34(28)39(51)56)16-30-38(55)52(50-36-32(45)14-23(17-49-36)42(46,47)48)40(57)41(30,22-3-5-24(43)6-4-22)35(27)21-12-20-13-26(53)8-11-33(20)58-18-21/h2-9,11,13-15,17-18,28-30,34-35,53H,10,12,16H2,1H3,(H,49,50)/t28-,29+,30-,34-,35-,41+/m0/s1. The van der Waals surface area contributed by atoms with Crippen LogP contribution < -0.4 is 15.1 Å². The number of amides is 4. The van der Waals surface area contributed by atoms with Gasteiger partial charge in [-0.3, -0.25) is 24.6 Å². The fraction of sp³-hybridized carbons (Fsp3) is 0.262. The maximum atomic E-state index is 15.4. The number of nitrogens with one attached hydrogen (secondary N) is 1. The van der Waals surface area contributed by atoms with Gasteiger partial charge in [-0.15, -0.1) is 0 Å². The normalized spacial score (nSPS) is 26.4. The molecule has 1 saturated carbocycles. The molecule has 2 saturated heterocycles. The first-order chi connectivity index (χ1) is 27.6. The van der Waals surface area contributed by atoms with Crippen molar-refractivity contribution in [1.82, 2.24) is 9.99 Å². The topological polar surface area (TPSA) is 129 Å². The van der Waals surface area contributed by atoms with Crippen molar-refractivity contribution in [2.45, 2.75) is 37.8 Å². The molecule has 6 atom stereocenters. The van der Waals surface area contributed by atoms with E-state index in [1.54, 1.807) is 55.5 Å². The molecule has 0 bridgehead atoms. The molecule has 10 nitrogen and oxygen atoms in total. The van der Waals surface area contributed by atoms with Crippen molar-refractivity contribution in [3.8, 4) is 11.5 Å². The molecule has 2 aliphatic carbocycles. The van der Waals surface area contributed by atoms with Crippen LogP contribution in [0.5, 0.6) is 11.5 Å². The molecule has 16 heteroatoms. The van der Waals surface area contributed by atoms with Crippen LogP contribution in [0.4, 0.5) is 24.7 Å². The van der Waals surface area contributed by atoms with Gasteiger partial charge in [0.2, 0.25) is 11.8 Å². The number of alkyl halides is 3. The van der Waals surface area contributed by atoms with Crippen molar-refractivity contribution in [1.29, 1.82) is 0 Å². The third-order valence-electron chi connectivity index (χ3n) is 12.1. The Morgan fingerprint density at radius 2 is 1.67 bits per heavy atom. The van der Waals surface area contributed by atoms with Crippen molar-refractivity contribution >= 4 is 69.9 Å². The number of anilines is 2. The number of fused-ring (bicyclic) bond motifs is 5. The van der Waals surface area contributed by atoms with Gasteiger partial charge in [0.1, 0.15) is 11.5 Å². The lowest BCUT2D eigenvalue weighted by Gasteiger charge is -2.51. The van der Waals surface area contributed by atoms with E-state index in [4.69, 9.17) is 39.5 Å². The average molecular weight is 850 g/mol.